The number of ether oxygens (including phenoxy) is 2. The highest BCUT2D eigenvalue weighted by Gasteiger charge is 2.45. The lowest BCUT2D eigenvalue weighted by Gasteiger charge is -2.34. The van der Waals surface area contributed by atoms with Crippen LogP contribution in [0.2, 0.25) is 0 Å². The molecule has 2 aliphatic rings. The summed E-state index contributed by atoms with van der Waals surface area (Å²) >= 11 is 0. The average Bonchev–Trinajstić information content (AvgIpc) is 3.31. The van der Waals surface area contributed by atoms with Crippen molar-refractivity contribution in [3.05, 3.63) is 0 Å². The number of nitrogens with one attached hydrogen (secondary N) is 1. The number of methoxy groups -OCH3 is 1. The van der Waals surface area contributed by atoms with Gasteiger partial charge in [-0.15, -0.1) is 0 Å². The molecule has 0 spiro atoms. The minimum absolute atomic E-state index is 0.0910. The molecule has 1 aliphatic carbocycles. The van der Waals surface area contributed by atoms with E-state index in [0.29, 0.717) is 12.6 Å². The van der Waals surface area contributed by atoms with Crippen LogP contribution in [-0.2, 0) is 19.3 Å². The lowest BCUT2D eigenvalue weighted by atomic mass is 10.1. The molecule has 0 atom stereocenters. The molecule has 0 aromatic rings. The van der Waals surface area contributed by atoms with Crippen LogP contribution in [0.5, 0.6) is 0 Å². The molecule has 2 rings (SSSR count). The zero-order chi connectivity index (χ0) is 18.3. The number of hydrogen-bond donors (Lipinski definition) is 1. The topological polar surface area (TPSA) is 80.2 Å². The second-order valence-corrected chi connectivity index (χ2v) is 9.51. The molecule has 0 unspecified atom stereocenters. The van der Waals surface area contributed by atoms with Crippen molar-refractivity contribution in [1.82, 2.24) is 10.2 Å². The number of guanidine groups is 1. The van der Waals surface area contributed by atoms with Gasteiger partial charge in [0.25, 0.3) is 0 Å². The molecule has 0 aromatic carbocycles. The number of nitrogens with zero attached hydrogens (tertiary/aromatic N) is 2. The van der Waals surface area contributed by atoms with Crippen LogP contribution in [0.25, 0.3) is 0 Å². The van der Waals surface area contributed by atoms with Crippen LogP contribution in [0.15, 0.2) is 4.99 Å². The maximum atomic E-state index is 11.6. The van der Waals surface area contributed by atoms with E-state index in [2.05, 4.69) is 15.2 Å². The quantitative estimate of drug-likeness (QED) is 0.366. The van der Waals surface area contributed by atoms with Crippen LogP contribution in [0.1, 0.15) is 32.1 Å². The first kappa shape index (κ1) is 20.5. The summed E-state index contributed by atoms with van der Waals surface area (Å²) in [4.78, 5) is 6.62. The first-order valence-electron chi connectivity index (χ1n) is 9.11. The molecule has 1 aliphatic heterocycles. The van der Waals surface area contributed by atoms with Crippen molar-refractivity contribution >= 4 is 15.8 Å². The van der Waals surface area contributed by atoms with Gasteiger partial charge in [0.05, 0.1) is 11.9 Å². The second-order valence-electron chi connectivity index (χ2n) is 7.37. The fourth-order valence-corrected chi connectivity index (χ4v) is 4.89. The summed E-state index contributed by atoms with van der Waals surface area (Å²) in [5, 5.41) is 3.39. The molecular formula is C17H33N3O4S. The standard InChI is InChI=1S/C17H33N3O4S/c1-18-16(19-13-17(7-8-17)14-25(3,21)22)20-9-5-15(6-10-20)24-12-4-11-23-2/h15H,4-14H2,1-3H3,(H,18,19). The average molecular weight is 376 g/mol. The van der Waals surface area contributed by atoms with E-state index < -0.39 is 9.84 Å². The monoisotopic (exact) mass is 375 g/mol. The Kier molecular flexibility index (Phi) is 7.51. The Morgan fingerprint density at radius 1 is 1.28 bits per heavy atom. The highest BCUT2D eigenvalue weighted by Crippen LogP contribution is 2.46. The van der Waals surface area contributed by atoms with Gasteiger partial charge in [0, 0.05) is 58.7 Å². The van der Waals surface area contributed by atoms with Crippen molar-refractivity contribution in [3.63, 3.8) is 0 Å². The third-order valence-corrected chi connectivity index (χ3v) is 6.08. The van der Waals surface area contributed by atoms with Crippen LogP contribution in [0.4, 0.5) is 0 Å². The van der Waals surface area contributed by atoms with Crippen LogP contribution in [0.3, 0.4) is 0 Å². The van der Waals surface area contributed by atoms with E-state index in [1.165, 1.54) is 6.26 Å². The predicted molar refractivity (Wildman–Crippen MR) is 99.8 cm³/mol. The SMILES string of the molecule is CN=C(NCC1(CS(C)(=O)=O)CC1)N1CCC(OCCCOC)CC1. The zero-order valence-corrected chi connectivity index (χ0v) is 16.6. The number of piperidine rings is 1. The smallest absolute Gasteiger partial charge is 0.193 e. The Hall–Kier alpha value is -0.860. The molecule has 0 aromatic heterocycles. The molecule has 146 valence electrons. The maximum Gasteiger partial charge on any atom is 0.193 e. The normalized spacial score (nSPS) is 21.4. The second kappa shape index (κ2) is 9.19. The van der Waals surface area contributed by atoms with Crippen molar-refractivity contribution in [2.45, 2.75) is 38.2 Å². The first-order chi connectivity index (χ1) is 11.9. The van der Waals surface area contributed by atoms with Crippen molar-refractivity contribution in [2.75, 3.05) is 59.0 Å². The molecule has 0 amide bonds. The Balaban J connectivity index is 1.72. The third-order valence-electron chi connectivity index (χ3n) is 4.95. The molecule has 1 saturated heterocycles. The van der Waals surface area contributed by atoms with E-state index >= 15 is 0 Å². The van der Waals surface area contributed by atoms with E-state index in [-0.39, 0.29) is 11.2 Å². The molecule has 8 heteroatoms. The molecule has 1 heterocycles. The van der Waals surface area contributed by atoms with Gasteiger partial charge in [-0.3, -0.25) is 4.99 Å². The van der Waals surface area contributed by atoms with E-state index in [1.807, 2.05) is 0 Å². The number of hydrogen-bond acceptors (Lipinski definition) is 5. The van der Waals surface area contributed by atoms with Crippen LogP contribution in [0, 0.1) is 5.41 Å². The zero-order valence-electron chi connectivity index (χ0n) is 15.8. The van der Waals surface area contributed by atoms with Gasteiger partial charge in [-0.2, -0.15) is 0 Å². The molecule has 2 fully saturated rings. The molecule has 7 nitrogen and oxygen atoms in total. The summed E-state index contributed by atoms with van der Waals surface area (Å²) in [5.41, 5.74) is -0.0910. The van der Waals surface area contributed by atoms with Gasteiger partial charge < -0.3 is 19.7 Å². The molecule has 0 bridgehead atoms. The Morgan fingerprint density at radius 2 is 1.96 bits per heavy atom. The van der Waals surface area contributed by atoms with E-state index in [1.54, 1.807) is 14.2 Å². The highest BCUT2D eigenvalue weighted by molar-refractivity contribution is 7.90. The minimum atomic E-state index is -2.94. The third kappa shape index (κ3) is 7.11. The summed E-state index contributed by atoms with van der Waals surface area (Å²) in [6, 6.07) is 0. The Morgan fingerprint density at radius 3 is 2.48 bits per heavy atom. The summed E-state index contributed by atoms with van der Waals surface area (Å²) in [5.74, 6) is 1.14. The van der Waals surface area contributed by atoms with Crippen molar-refractivity contribution in [3.8, 4) is 0 Å². The number of sulfone groups is 1. The maximum absolute atomic E-state index is 11.6. The lowest BCUT2D eigenvalue weighted by molar-refractivity contribution is 0.00988. The van der Waals surface area contributed by atoms with E-state index in [9.17, 15) is 8.42 Å². The van der Waals surface area contributed by atoms with Gasteiger partial charge in [0.15, 0.2) is 5.96 Å². The number of likely N-dealkylation sites (tertiary alicyclic amines) is 1. The lowest BCUT2D eigenvalue weighted by Crippen LogP contribution is -2.48. The predicted octanol–water partition coefficient (Wildman–Crippen LogP) is 0.904. The van der Waals surface area contributed by atoms with Gasteiger partial charge in [0.1, 0.15) is 9.84 Å². The molecular weight excluding hydrogens is 342 g/mol. The van der Waals surface area contributed by atoms with Gasteiger partial charge in [0.2, 0.25) is 0 Å². The van der Waals surface area contributed by atoms with Crippen molar-refractivity contribution in [1.29, 1.82) is 0 Å². The van der Waals surface area contributed by atoms with Gasteiger partial charge in [-0.25, -0.2) is 8.42 Å². The van der Waals surface area contributed by atoms with Crippen LogP contribution >= 0.6 is 0 Å². The van der Waals surface area contributed by atoms with E-state index in [4.69, 9.17) is 9.47 Å². The van der Waals surface area contributed by atoms with E-state index in [0.717, 1.165) is 64.4 Å². The number of aliphatic imine (C=N–C) groups is 1. The Bertz CT molecular complexity index is 538. The molecule has 0 radical (unpaired) electrons. The Labute approximate surface area is 152 Å². The summed E-state index contributed by atoms with van der Waals surface area (Å²) < 4.78 is 34.1. The highest BCUT2D eigenvalue weighted by atomic mass is 32.2. The van der Waals surface area contributed by atoms with Gasteiger partial charge >= 0.3 is 0 Å². The first-order valence-corrected chi connectivity index (χ1v) is 11.2. The fraction of sp³-hybridized carbons (Fsp3) is 0.941. The van der Waals surface area contributed by atoms with Crippen molar-refractivity contribution < 1.29 is 17.9 Å². The number of rotatable bonds is 9. The fourth-order valence-electron chi connectivity index (χ4n) is 3.39. The summed E-state index contributed by atoms with van der Waals surface area (Å²) in [6.45, 7) is 3.99. The van der Waals surface area contributed by atoms with Crippen LogP contribution in [-0.4, -0.2) is 84.4 Å². The van der Waals surface area contributed by atoms with Crippen LogP contribution < -0.4 is 5.32 Å². The van der Waals surface area contributed by atoms with Crippen molar-refractivity contribution in [2.24, 2.45) is 10.4 Å². The summed E-state index contributed by atoms with van der Waals surface area (Å²) in [7, 11) is 0.553. The molecule has 1 saturated carbocycles. The van der Waals surface area contributed by atoms with Gasteiger partial charge in [-0.05, 0) is 32.1 Å². The summed E-state index contributed by atoms with van der Waals surface area (Å²) in [6.07, 6.45) is 6.49. The van der Waals surface area contributed by atoms with Gasteiger partial charge in [-0.1, -0.05) is 0 Å². The largest absolute Gasteiger partial charge is 0.385 e. The minimum Gasteiger partial charge on any atom is -0.385 e. The molecule has 25 heavy (non-hydrogen) atoms. The molecule has 1 N–H and O–H groups in total.